The number of nitrogens with zero attached hydrogens (tertiary/aromatic N) is 3. The van der Waals surface area contributed by atoms with Crippen LogP contribution in [-0.2, 0) is 32.3 Å². The Morgan fingerprint density at radius 2 is 1.97 bits per heavy atom. The SMILES string of the molecule is C[C@@H](CS(=O)c1cc(CN)ccn1)[C@H]1C[C@H](C(F)(F)F)CN(S(=O)(=O)N2CCOCC2)C1. The van der Waals surface area contributed by atoms with Gasteiger partial charge in [0.1, 0.15) is 5.03 Å². The average Bonchev–Trinajstić information content (AvgIpc) is 2.78. The molecule has 8 nitrogen and oxygen atoms in total. The largest absolute Gasteiger partial charge is 0.393 e. The molecule has 1 aromatic rings. The van der Waals surface area contributed by atoms with Crippen LogP contribution in [0.25, 0.3) is 0 Å². The van der Waals surface area contributed by atoms with Crippen molar-refractivity contribution in [1.82, 2.24) is 13.6 Å². The summed E-state index contributed by atoms with van der Waals surface area (Å²) in [5, 5.41) is 0.320. The molecule has 2 saturated heterocycles. The maximum Gasteiger partial charge on any atom is 0.393 e. The third-order valence-corrected chi connectivity index (χ3v) is 9.51. The third kappa shape index (κ3) is 6.06. The average molecular weight is 499 g/mol. The van der Waals surface area contributed by atoms with Crippen LogP contribution in [-0.4, -0.2) is 77.5 Å². The number of ether oxygens (including phenoxy) is 1. The second-order valence-electron chi connectivity index (χ2n) is 8.27. The molecule has 3 rings (SSSR count). The van der Waals surface area contributed by atoms with Crippen molar-refractivity contribution >= 4 is 21.0 Å². The van der Waals surface area contributed by atoms with Crippen LogP contribution in [0.2, 0.25) is 0 Å². The van der Waals surface area contributed by atoms with Crippen LogP contribution < -0.4 is 5.73 Å². The van der Waals surface area contributed by atoms with Crippen molar-refractivity contribution < 1.29 is 30.5 Å². The molecule has 1 aromatic heterocycles. The summed E-state index contributed by atoms with van der Waals surface area (Å²) in [4.78, 5) is 4.09. The van der Waals surface area contributed by atoms with E-state index in [0.717, 1.165) is 9.87 Å². The van der Waals surface area contributed by atoms with Gasteiger partial charge in [0.2, 0.25) is 0 Å². The second-order valence-corrected chi connectivity index (χ2v) is 11.6. The zero-order chi connectivity index (χ0) is 23.5. The molecular formula is C19H29F3N4O4S2. The van der Waals surface area contributed by atoms with E-state index in [-0.39, 0.29) is 51.6 Å². The highest BCUT2D eigenvalue weighted by Crippen LogP contribution is 2.39. The van der Waals surface area contributed by atoms with Gasteiger partial charge in [-0.1, -0.05) is 6.92 Å². The molecule has 0 spiro atoms. The summed E-state index contributed by atoms with van der Waals surface area (Å²) in [6, 6.07) is 3.32. The number of nitrogens with two attached hydrogens (primary N) is 1. The number of halogens is 3. The minimum absolute atomic E-state index is 0.0408. The standard InChI is InChI=1S/C19H29F3N4O4S2/c1-14(13-31(27)18-8-15(10-23)2-3-24-18)16-9-17(19(20,21)22)12-26(11-16)32(28,29)25-4-6-30-7-5-25/h2-3,8,14,16-17H,4-7,9-13,23H2,1H3/t14-,16-,17-,31?/m0/s1. The number of aromatic nitrogens is 1. The summed E-state index contributed by atoms with van der Waals surface area (Å²) < 4.78 is 87.1. The molecule has 0 saturated carbocycles. The van der Waals surface area contributed by atoms with Crippen molar-refractivity contribution in [3.8, 4) is 0 Å². The summed E-state index contributed by atoms with van der Waals surface area (Å²) >= 11 is 0. The smallest absolute Gasteiger partial charge is 0.379 e. The van der Waals surface area contributed by atoms with Crippen molar-refractivity contribution in [3.05, 3.63) is 23.9 Å². The molecule has 0 aromatic carbocycles. The van der Waals surface area contributed by atoms with E-state index in [2.05, 4.69) is 4.98 Å². The number of piperidine rings is 1. The highest BCUT2D eigenvalue weighted by Gasteiger charge is 2.48. The van der Waals surface area contributed by atoms with E-state index in [9.17, 15) is 25.8 Å². The topological polar surface area (TPSA) is 106 Å². The van der Waals surface area contributed by atoms with E-state index in [4.69, 9.17) is 10.5 Å². The van der Waals surface area contributed by atoms with Crippen molar-refractivity contribution in [2.45, 2.75) is 31.1 Å². The first-order chi connectivity index (χ1) is 15.0. The number of hydrogen-bond acceptors (Lipinski definition) is 6. The van der Waals surface area contributed by atoms with Crippen LogP contribution in [0.15, 0.2) is 23.4 Å². The van der Waals surface area contributed by atoms with Gasteiger partial charge in [-0.05, 0) is 36.0 Å². The molecule has 32 heavy (non-hydrogen) atoms. The van der Waals surface area contributed by atoms with Gasteiger partial charge in [0.25, 0.3) is 10.2 Å². The fraction of sp³-hybridized carbons (Fsp3) is 0.737. The van der Waals surface area contributed by atoms with Gasteiger partial charge < -0.3 is 10.5 Å². The van der Waals surface area contributed by atoms with Gasteiger partial charge in [-0.3, -0.25) is 4.21 Å². The minimum atomic E-state index is -4.52. The first-order valence-electron chi connectivity index (χ1n) is 10.5. The lowest BCUT2D eigenvalue weighted by Gasteiger charge is -2.42. The van der Waals surface area contributed by atoms with Crippen LogP contribution in [0.1, 0.15) is 18.9 Å². The fourth-order valence-corrected chi connectivity index (χ4v) is 7.10. The van der Waals surface area contributed by atoms with Gasteiger partial charge in [0.15, 0.2) is 0 Å². The molecule has 2 aliphatic heterocycles. The Labute approximate surface area is 188 Å². The summed E-state index contributed by atoms with van der Waals surface area (Å²) in [5.74, 6) is -2.69. The molecule has 0 radical (unpaired) electrons. The van der Waals surface area contributed by atoms with Gasteiger partial charge >= 0.3 is 6.18 Å². The van der Waals surface area contributed by atoms with Crippen LogP contribution in [0.5, 0.6) is 0 Å². The summed E-state index contributed by atoms with van der Waals surface area (Å²) in [7, 11) is -5.59. The molecular weight excluding hydrogens is 469 g/mol. The lowest BCUT2D eigenvalue weighted by Crippen LogP contribution is -2.55. The normalized spacial score (nSPS) is 26.0. The van der Waals surface area contributed by atoms with Gasteiger partial charge in [-0.15, -0.1) is 0 Å². The number of rotatable bonds is 7. The number of alkyl halides is 3. The third-order valence-electron chi connectivity index (χ3n) is 6.02. The van der Waals surface area contributed by atoms with Crippen LogP contribution in [0.4, 0.5) is 13.2 Å². The Hall–Kier alpha value is -1.12. The van der Waals surface area contributed by atoms with Gasteiger partial charge in [0, 0.05) is 44.7 Å². The predicted molar refractivity (Wildman–Crippen MR) is 113 cm³/mol. The maximum absolute atomic E-state index is 13.7. The molecule has 2 N–H and O–H groups in total. The van der Waals surface area contributed by atoms with E-state index in [0.29, 0.717) is 5.03 Å². The molecule has 2 fully saturated rings. The molecule has 0 amide bonds. The fourth-order valence-electron chi connectivity index (χ4n) is 4.04. The Morgan fingerprint density at radius 1 is 1.28 bits per heavy atom. The molecule has 3 heterocycles. The van der Waals surface area contributed by atoms with E-state index in [1.54, 1.807) is 19.1 Å². The quantitative estimate of drug-likeness (QED) is 0.609. The molecule has 13 heteroatoms. The van der Waals surface area contributed by atoms with Crippen molar-refractivity contribution in [3.63, 3.8) is 0 Å². The number of morpholine rings is 1. The van der Waals surface area contributed by atoms with E-state index in [1.807, 2.05) is 0 Å². The van der Waals surface area contributed by atoms with Crippen molar-refractivity contribution in [2.75, 3.05) is 45.1 Å². The van der Waals surface area contributed by atoms with Gasteiger partial charge in [-0.2, -0.15) is 30.2 Å². The number of pyridine rings is 1. The highest BCUT2D eigenvalue weighted by molar-refractivity contribution is 7.86. The minimum Gasteiger partial charge on any atom is -0.379 e. The number of hydrogen-bond donors (Lipinski definition) is 1. The van der Waals surface area contributed by atoms with Gasteiger partial charge in [-0.25, -0.2) is 4.98 Å². The second kappa shape index (κ2) is 10.4. The van der Waals surface area contributed by atoms with Crippen LogP contribution >= 0.6 is 0 Å². The molecule has 4 atom stereocenters. The molecule has 2 aliphatic rings. The van der Waals surface area contributed by atoms with Crippen LogP contribution in [0.3, 0.4) is 0 Å². The first-order valence-corrected chi connectivity index (χ1v) is 13.2. The Morgan fingerprint density at radius 3 is 2.59 bits per heavy atom. The molecule has 182 valence electrons. The van der Waals surface area contributed by atoms with Crippen molar-refractivity contribution in [1.29, 1.82) is 0 Å². The molecule has 0 aliphatic carbocycles. The monoisotopic (exact) mass is 498 g/mol. The van der Waals surface area contributed by atoms with Crippen molar-refractivity contribution in [2.24, 2.45) is 23.5 Å². The Bertz CT molecular complexity index is 910. The molecule has 0 bridgehead atoms. The molecule has 1 unspecified atom stereocenters. The summed E-state index contributed by atoms with van der Waals surface area (Å²) in [6.45, 7) is 1.98. The predicted octanol–water partition coefficient (Wildman–Crippen LogP) is 1.36. The zero-order valence-corrected chi connectivity index (χ0v) is 19.5. The van der Waals surface area contributed by atoms with E-state index < -0.39 is 51.5 Å². The zero-order valence-electron chi connectivity index (χ0n) is 17.8. The van der Waals surface area contributed by atoms with E-state index in [1.165, 1.54) is 10.5 Å². The van der Waals surface area contributed by atoms with Gasteiger partial charge in [0.05, 0.1) is 29.9 Å². The summed E-state index contributed by atoms with van der Waals surface area (Å²) in [6.07, 6.45) is -3.22. The van der Waals surface area contributed by atoms with Crippen LogP contribution in [0, 0.1) is 17.8 Å². The van der Waals surface area contributed by atoms with E-state index >= 15 is 0 Å². The first kappa shape index (κ1) is 25.5. The Kier molecular flexibility index (Phi) is 8.31. The lowest BCUT2D eigenvalue weighted by atomic mass is 9.83. The highest BCUT2D eigenvalue weighted by atomic mass is 32.2. The Balaban J connectivity index is 1.77. The summed E-state index contributed by atoms with van der Waals surface area (Å²) in [5.41, 5.74) is 6.36. The maximum atomic E-state index is 13.7. The lowest BCUT2D eigenvalue weighted by molar-refractivity contribution is -0.188.